The number of amides is 1. The molecule has 0 fully saturated rings. The molecule has 0 atom stereocenters. The summed E-state index contributed by atoms with van der Waals surface area (Å²) >= 11 is 12.3. The molecule has 3 N–H and O–H groups in total. The lowest BCUT2D eigenvalue weighted by Gasteiger charge is -2.15. The molecule has 1 amide bonds. The Kier molecular flexibility index (Phi) is 6.76. The van der Waals surface area contributed by atoms with Crippen LogP contribution in [0, 0.1) is 5.82 Å². The summed E-state index contributed by atoms with van der Waals surface area (Å²) in [4.78, 5) is 20.6. The van der Waals surface area contributed by atoms with Crippen LogP contribution in [0.3, 0.4) is 0 Å². The first-order valence-electron chi connectivity index (χ1n) is 9.90. The summed E-state index contributed by atoms with van der Waals surface area (Å²) < 4.78 is 16.3. The highest BCUT2D eigenvalue weighted by Gasteiger charge is 2.15. The Balaban J connectivity index is 1.75. The Morgan fingerprint density at radius 3 is 2.62 bits per heavy atom. The van der Waals surface area contributed by atoms with E-state index >= 15 is 0 Å². The highest BCUT2D eigenvalue weighted by molar-refractivity contribution is 6.42. The van der Waals surface area contributed by atoms with Crippen LogP contribution in [-0.4, -0.2) is 25.7 Å². The topological polar surface area (TPSA) is 96.8 Å². The van der Waals surface area contributed by atoms with Gasteiger partial charge in [0.2, 0.25) is 11.9 Å². The number of aromatic nitrogens is 4. The lowest BCUT2D eigenvalue weighted by molar-refractivity contribution is -0.111. The molecule has 2 heterocycles. The van der Waals surface area contributed by atoms with Crippen molar-refractivity contribution >= 4 is 57.9 Å². The first-order chi connectivity index (χ1) is 16.3. The summed E-state index contributed by atoms with van der Waals surface area (Å²) in [6.07, 6.45) is 6.08. The number of nitrogens with zero attached hydrogens (tertiary/aromatic N) is 4. The van der Waals surface area contributed by atoms with Crippen LogP contribution in [-0.2, 0) is 11.8 Å². The minimum Gasteiger partial charge on any atom is -0.337 e. The lowest BCUT2D eigenvalue weighted by Crippen LogP contribution is -2.08. The Morgan fingerprint density at radius 1 is 1.09 bits per heavy atom. The number of carbonyl (C=O) groups excluding carboxylic acids is 1. The Hall–Kier alpha value is -3.95. The number of nitrogens with one attached hydrogen (secondary N) is 3. The van der Waals surface area contributed by atoms with Crippen LogP contribution < -0.4 is 16.0 Å². The zero-order valence-electron chi connectivity index (χ0n) is 17.8. The van der Waals surface area contributed by atoms with Gasteiger partial charge in [0, 0.05) is 30.7 Å². The van der Waals surface area contributed by atoms with Gasteiger partial charge in [-0.15, -0.1) is 0 Å². The molecular weight excluding hydrogens is 480 g/mol. The van der Waals surface area contributed by atoms with Gasteiger partial charge < -0.3 is 16.0 Å². The predicted molar refractivity (Wildman–Crippen MR) is 132 cm³/mol. The van der Waals surface area contributed by atoms with Crippen molar-refractivity contribution in [1.82, 2.24) is 19.7 Å². The average Bonchev–Trinajstić information content (AvgIpc) is 3.22. The maximum Gasteiger partial charge on any atom is 0.247 e. The van der Waals surface area contributed by atoms with Gasteiger partial charge in [-0.25, -0.2) is 9.37 Å². The maximum absolute atomic E-state index is 14.7. The normalized spacial score (nSPS) is 10.6. The van der Waals surface area contributed by atoms with Crippen molar-refractivity contribution in [3.05, 3.63) is 83.5 Å². The second-order valence-electron chi connectivity index (χ2n) is 7.13. The molecule has 0 radical (unpaired) electrons. The van der Waals surface area contributed by atoms with Crippen molar-refractivity contribution < 1.29 is 9.18 Å². The fourth-order valence-corrected chi connectivity index (χ4v) is 3.34. The molecule has 34 heavy (non-hydrogen) atoms. The van der Waals surface area contributed by atoms with Gasteiger partial charge in [0.05, 0.1) is 27.6 Å². The van der Waals surface area contributed by atoms with E-state index < -0.39 is 11.7 Å². The van der Waals surface area contributed by atoms with Crippen LogP contribution in [0.5, 0.6) is 0 Å². The number of halogens is 3. The Labute approximate surface area is 204 Å². The van der Waals surface area contributed by atoms with Crippen LogP contribution in [0.2, 0.25) is 10.0 Å². The molecule has 2 aromatic carbocycles. The SMILES string of the molecule is C=CC(=O)Nc1ccc(F)c(Nc2nc(Nc3cnn(C)c3)ncc2-c2ccc(Cl)c(Cl)c2)c1. The van der Waals surface area contributed by atoms with Gasteiger partial charge in [0.25, 0.3) is 0 Å². The largest absolute Gasteiger partial charge is 0.337 e. The van der Waals surface area contributed by atoms with Gasteiger partial charge in [-0.2, -0.15) is 10.1 Å². The smallest absolute Gasteiger partial charge is 0.247 e. The second kappa shape index (κ2) is 9.90. The second-order valence-corrected chi connectivity index (χ2v) is 7.94. The van der Waals surface area contributed by atoms with E-state index in [2.05, 4.69) is 37.6 Å². The number of hydrogen-bond donors (Lipinski definition) is 3. The highest BCUT2D eigenvalue weighted by atomic mass is 35.5. The molecule has 0 spiro atoms. The van der Waals surface area contributed by atoms with Crippen molar-refractivity contribution in [1.29, 1.82) is 0 Å². The fraction of sp³-hybridized carbons (Fsp3) is 0.0435. The van der Waals surface area contributed by atoms with E-state index in [4.69, 9.17) is 23.2 Å². The summed E-state index contributed by atoms with van der Waals surface area (Å²) in [6.45, 7) is 3.42. The first-order valence-corrected chi connectivity index (χ1v) is 10.7. The van der Waals surface area contributed by atoms with Gasteiger partial charge >= 0.3 is 0 Å². The highest BCUT2D eigenvalue weighted by Crippen LogP contribution is 2.34. The minimum absolute atomic E-state index is 0.0919. The quantitative estimate of drug-likeness (QED) is 0.273. The lowest BCUT2D eigenvalue weighted by atomic mass is 10.1. The first kappa shape index (κ1) is 23.2. The predicted octanol–water partition coefficient (Wildman–Crippen LogP) is 5.93. The number of carbonyl (C=O) groups is 1. The summed E-state index contributed by atoms with van der Waals surface area (Å²) in [5.41, 5.74) is 2.37. The molecule has 2 aromatic heterocycles. The van der Waals surface area contributed by atoms with Gasteiger partial charge in [0.1, 0.15) is 11.6 Å². The van der Waals surface area contributed by atoms with Gasteiger partial charge in [-0.1, -0.05) is 35.8 Å². The van der Waals surface area contributed by atoms with E-state index in [0.717, 1.165) is 6.08 Å². The third-order valence-corrected chi connectivity index (χ3v) is 5.39. The molecule has 11 heteroatoms. The standard InChI is InChI=1S/C23H18Cl2FN7O/c1-3-21(34)29-14-5-7-19(26)20(9-14)31-22-16(13-4-6-17(24)18(25)8-13)11-27-23(32-22)30-15-10-28-33(2)12-15/h3-12H,1H2,2H3,(H,29,34)(H2,27,30,31,32). The molecule has 172 valence electrons. The number of anilines is 5. The Bertz CT molecular complexity index is 1390. The molecular formula is C23H18Cl2FN7O. The van der Waals surface area contributed by atoms with Gasteiger partial charge in [-0.05, 0) is 42.0 Å². The van der Waals surface area contributed by atoms with Crippen LogP contribution in [0.4, 0.5) is 33.2 Å². The van der Waals surface area contributed by atoms with Crippen LogP contribution in [0.15, 0.2) is 67.6 Å². The van der Waals surface area contributed by atoms with E-state index in [-0.39, 0.29) is 11.6 Å². The number of aryl methyl sites for hydroxylation is 1. The number of rotatable bonds is 7. The minimum atomic E-state index is -0.544. The van der Waals surface area contributed by atoms with Crippen molar-refractivity contribution in [2.24, 2.45) is 7.05 Å². The Morgan fingerprint density at radius 2 is 1.91 bits per heavy atom. The van der Waals surface area contributed by atoms with E-state index in [1.165, 1.54) is 18.2 Å². The molecule has 0 saturated heterocycles. The zero-order chi connectivity index (χ0) is 24.2. The van der Waals surface area contributed by atoms with E-state index in [1.807, 2.05) is 0 Å². The van der Waals surface area contributed by atoms with Gasteiger partial charge in [0.15, 0.2) is 0 Å². The number of hydrogen-bond acceptors (Lipinski definition) is 6. The fourth-order valence-electron chi connectivity index (χ4n) is 3.05. The molecule has 0 aliphatic heterocycles. The molecule has 0 saturated carbocycles. The van der Waals surface area contributed by atoms with Crippen molar-refractivity contribution in [2.75, 3.05) is 16.0 Å². The van der Waals surface area contributed by atoms with Crippen molar-refractivity contribution in [2.45, 2.75) is 0 Å². The summed E-state index contributed by atoms with van der Waals surface area (Å²) in [5.74, 6) is -0.405. The third kappa shape index (κ3) is 5.33. The number of benzene rings is 2. The summed E-state index contributed by atoms with van der Waals surface area (Å²) in [6, 6.07) is 9.19. The molecule has 4 aromatic rings. The van der Waals surface area contributed by atoms with Crippen LogP contribution in [0.1, 0.15) is 0 Å². The third-order valence-electron chi connectivity index (χ3n) is 4.65. The zero-order valence-corrected chi connectivity index (χ0v) is 19.3. The molecule has 0 aliphatic carbocycles. The van der Waals surface area contributed by atoms with E-state index in [1.54, 1.807) is 48.5 Å². The monoisotopic (exact) mass is 497 g/mol. The molecule has 8 nitrogen and oxygen atoms in total. The molecule has 0 aliphatic rings. The molecule has 4 rings (SSSR count). The molecule has 0 unspecified atom stereocenters. The summed E-state index contributed by atoms with van der Waals surface area (Å²) in [7, 11) is 1.79. The van der Waals surface area contributed by atoms with Gasteiger partial charge in [-0.3, -0.25) is 9.48 Å². The van der Waals surface area contributed by atoms with E-state index in [9.17, 15) is 9.18 Å². The van der Waals surface area contributed by atoms with Crippen molar-refractivity contribution in [3.63, 3.8) is 0 Å². The van der Waals surface area contributed by atoms with Crippen LogP contribution >= 0.6 is 23.2 Å². The maximum atomic E-state index is 14.7. The van der Waals surface area contributed by atoms with Crippen LogP contribution in [0.25, 0.3) is 11.1 Å². The van der Waals surface area contributed by atoms with Crippen molar-refractivity contribution in [3.8, 4) is 11.1 Å². The average molecular weight is 498 g/mol. The molecule has 0 bridgehead atoms. The summed E-state index contributed by atoms with van der Waals surface area (Å²) in [5, 5.41) is 13.5. The van der Waals surface area contributed by atoms with E-state index in [0.29, 0.717) is 38.4 Å².